The summed E-state index contributed by atoms with van der Waals surface area (Å²) in [6.45, 7) is 5.46. The smallest absolute Gasteiger partial charge is 0.358 e. The van der Waals surface area contributed by atoms with Gasteiger partial charge >= 0.3 is 5.97 Å². The van der Waals surface area contributed by atoms with Crippen molar-refractivity contribution >= 4 is 11.7 Å². The van der Waals surface area contributed by atoms with Crippen molar-refractivity contribution in [1.29, 1.82) is 0 Å². The van der Waals surface area contributed by atoms with Crippen molar-refractivity contribution in [3.63, 3.8) is 0 Å². The molecule has 2 rings (SSSR count). The Bertz CT molecular complexity index is 706. The van der Waals surface area contributed by atoms with E-state index >= 15 is 0 Å². The van der Waals surface area contributed by atoms with Crippen LogP contribution in [0.5, 0.6) is 0 Å². The van der Waals surface area contributed by atoms with Crippen LogP contribution in [0, 0.1) is 24.0 Å². The van der Waals surface area contributed by atoms with Crippen LogP contribution in [0.15, 0.2) is 24.3 Å². The number of esters is 1. The highest BCUT2D eigenvalue weighted by molar-refractivity contribution is 5.87. The average Bonchev–Trinajstić information content (AvgIpc) is 2.80. The lowest BCUT2D eigenvalue weighted by Crippen LogP contribution is -2.07. The summed E-state index contributed by atoms with van der Waals surface area (Å²) in [5, 5.41) is 15.0. The molecule has 7 nitrogen and oxygen atoms in total. The number of benzene rings is 1. The minimum Gasteiger partial charge on any atom is -0.461 e. The third-order valence-electron chi connectivity index (χ3n) is 2.99. The monoisotopic (exact) mass is 289 g/mol. The lowest BCUT2D eigenvalue weighted by molar-refractivity contribution is -0.385. The van der Waals surface area contributed by atoms with E-state index in [4.69, 9.17) is 4.74 Å². The maximum atomic E-state index is 11.7. The normalized spacial score (nSPS) is 10.4. The molecule has 7 heteroatoms. The van der Waals surface area contributed by atoms with Crippen molar-refractivity contribution in [3.8, 4) is 5.69 Å². The maximum Gasteiger partial charge on any atom is 0.358 e. The fourth-order valence-electron chi connectivity index (χ4n) is 2.02. The van der Waals surface area contributed by atoms with E-state index in [0.717, 1.165) is 5.69 Å². The van der Waals surface area contributed by atoms with Crippen LogP contribution in [0.4, 0.5) is 5.69 Å². The molecule has 0 aliphatic carbocycles. The Labute approximate surface area is 121 Å². The van der Waals surface area contributed by atoms with Gasteiger partial charge in [-0.05, 0) is 39.0 Å². The quantitative estimate of drug-likeness (QED) is 0.490. The van der Waals surface area contributed by atoms with E-state index in [1.165, 1.54) is 6.07 Å². The summed E-state index contributed by atoms with van der Waals surface area (Å²) in [5.41, 5.74) is 2.20. The lowest BCUT2D eigenvalue weighted by Gasteiger charge is -2.05. The van der Waals surface area contributed by atoms with E-state index < -0.39 is 10.9 Å². The first-order chi connectivity index (χ1) is 9.93. The third-order valence-corrected chi connectivity index (χ3v) is 2.99. The second kappa shape index (κ2) is 5.74. The zero-order chi connectivity index (χ0) is 15.6. The largest absolute Gasteiger partial charge is 0.461 e. The Morgan fingerprint density at radius 2 is 2.10 bits per heavy atom. The van der Waals surface area contributed by atoms with Crippen molar-refractivity contribution in [2.45, 2.75) is 20.8 Å². The number of nitrogens with zero attached hydrogens (tertiary/aromatic N) is 3. The summed E-state index contributed by atoms with van der Waals surface area (Å²) in [7, 11) is 0. The molecule has 0 fully saturated rings. The van der Waals surface area contributed by atoms with Crippen molar-refractivity contribution in [2.24, 2.45) is 0 Å². The number of hydrogen-bond donors (Lipinski definition) is 0. The molecule has 1 aromatic carbocycles. The van der Waals surface area contributed by atoms with Gasteiger partial charge in [0.2, 0.25) is 0 Å². The number of nitro groups is 1. The Kier molecular flexibility index (Phi) is 4.02. The minimum atomic E-state index is -0.488. The first-order valence-corrected chi connectivity index (χ1v) is 6.43. The van der Waals surface area contributed by atoms with Gasteiger partial charge in [0.25, 0.3) is 5.69 Å². The molecule has 21 heavy (non-hydrogen) atoms. The van der Waals surface area contributed by atoms with E-state index in [9.17, 15) is 14.9 Å². The number of rotatable bonds is 4. The number of ether oxygens (including phenoxy) is 1. The summed E-state index contributed by atoms with van der Waals surface area (Å²) in [5.74, 6) is -0.488. The second-order valence-electron chi connectivity index (χ2n) is 4.53. The van der Waals surface area contributed by atoms with Gasteiger partial charge in [-0.1, -0.05) is 0 Å². The zero-order valence-corrected chi connectivity index (χ0v) is 12.0. The van der Waals surface area contributed by atoms with Crippen LogP contribution in [0.2, 0.25) is 0 Å². The minimum absolute atomic E-state index is 0.0502. The van der Waals surface area contributed by atoms with E-state index in [2.05, 4.69) is 5.10 Å². The van der Waals surface area contributed by atoms with Crippen LogP contribution in [0.25, 0.3) is 5.69 Å². The fourth-order valence-corrected chi connectivity index (χ4v) is 2.02. The molecule has 0 unspecified atom stereocenters. The molecular formula is C14H15N3O4. The van der Waals surface area contributed by atoms with Gasteiger partial charge in [0, 0.05) is 17.3 Å². The molecule has 0 saturated carbocycles. The van der Waals surface area contributed by atoms with Crippen LogP contribution < -0.4 is 0 Å². The third kappa shape index (κ3) is 2.91. The van der Waals surface area contributed by atoms with E-state index in [-0.39, 0.29) is 18.0 Å². The second-order valence-corrected chi connectivity index (χ2v) is 4.53. The summed E-state index contributed by atoms with van der Waals surface area (Å²) >= 11 is 0. The molecule has 0 radical (unpaired) electrons. The predicted octanol–water partition coefficient (Wildman–Crippen LogP) is 2.57. The van der Waals surface area contributed by atoms with Crippen LogP contribution in [0.3, 0.4) is 0 Å². The molecule has 0 amide bonds. The Hall–Kier alpha value is -2.70. The molecule has 0 N–H and O–H groups in total. The number of carbonyl (C=O) groups excluding carboxylic acids is 1. The van der Waals surface area contributed by atoms with E-state index in [1.807, 2.05) is 0 Å². The predicted molar refractivity (Wildman–Crippen MR) is 75.6 cm³/mol. The first-order valence-electron chi connectivity index (χ1n) is 6.43. The van der Waals surface area contributed by atoms with Gasteiger partial charge in [0.15, 0.2) is 5.69 Å². The molecular weight excluding hydrogens is 274 g/mol. The van der Waals surface area contributed by atoms with Gasteiger partial charge in [-0.15, -0.1) is 0 Å². The van der Waals surface area contributed by atoms with Gasteiger partial charge in [-0.25, -0.2) is 9.48 Å². The lowest BCUT2D eigenvalue weighted by atomic mass is 10.2. The molecule has 1 aromatic heterocycles. The molecule has 0 spiro atoms. The fraction of sp³-hybridized carbons (Fsp3) is 0.286. The molecule has 0 saturated heterocycles. The van der Waals surface area contributed by atoms with Crippen LogP contribution in [-0.2, 0) is 4.74 Å². The molecule has 0 bridgehead atoms. The molecule has 110 valence electrons. The molecule has 0 aliphatic rings. The number of aryl methyl sites for hydroxylation is 2. The Morgan fingerprint density at radius 1 is 1.38 bits per heavy atom. The Morgan fingerprint density at radius 3 is 2.67 bits per heavy atom. The zero-order valence-electron chi connectivity index (χ0n) is 12.0. The molecule has 0 atom stereocenters. The average molecular weight is 289 g/mol. The highest BCUT2D eigenvalue weighted by atomic mass is 16.6. The van der Waals surface area contributed by atoms with Crippen molar-refractivity contribution in [2.75, 3.05) is 6.61 Å². The number of aromatic nitrogens is 2. The highest BCUT2D eigenvalue weighted by Gasteiger charge is 2.16. The van der Waals surface area contributed by atoms with Gasteiger partial charge < -0.3 is 4.74 Å². The van der Waals surface area contributed by atoms with Gasteiger partial charge in [-0.3, -0.25) is 10.1 Å². The van der Waals surface area contributed by atoms with Gasteiger partial charge in [0.1, 0.15) is 0 Å². The summed E-state index contributed by atoms with van der Waals surface area (Å²) in [6.07, 6.45) is 0. The van der Waals surface area contributed by atoms with Gasteiger partial charge in [-0.2, -0.15) is 5.10 Å². The molecule has 0 aliphatic heterocycles. The maximum absolute atomic E-state index is 11.7. The highest BCUT2D eigenvalue weighted by Crippen LogP contribution is 2.22. The number of nitro benzene ring substituents is 1. The topological polar surface area (TPSA) is 87.3 Å². The molecule has 2 aromatic rings. The summed E-state index contributed by atoms with van der Waals surface area (Å²) in [4.78, 5) is 22.1. The standard InChI is InChI=1S/C14H15N3O4/c1-4-21-14(18)12-8-10(3)16(15-12)11-5-6-13(17(19)20)9(2)7-11/h5-8H,4H2,1-3H3. The summed E-state index contributed by atoms with van der Waals surface area (Å²) in [6, 6.07) is 6.30. The molecule has 1 heterocycles. The van der Waals surface area contributed by atoms with Crippen LogP contribution in [0.1, 0.15) is 28.7 Å². The van der Waals surface area contributed by atoms with Crippen molar-refractivity contribution in [1.82, 2.24) is 9.78 Å². The number of hydrogen-bond acceptors (Lipinski definition) is 5. The Balaban J connectivity index is 2.41. The number of carbonyl (C=O) groups is 1. The van der Waals surface area contributed by atoms with E-state index in [0.29, 0.717) is 11.3 Å². The SMILES string of the molecule is CCOC(=O)c1cc(C)n(-c2ccc([N+](=O)[O-])c(C)c2)n1. The van der Waals surface area contributed by atoms with Crippen LogP contribution in [-0.4, -0.2) is 27.3 Å². The summed E-state index contributed by atoms with van der Waals surface area (Å²) < 4.78 is 6.46. The van der Waals surface area contributed by atoms with Crippen molar-refractivity contribution < 1.29 is 14.5 Å². The first kappa shape index (κ1) is 14.7. The van der Waals surface area contributed by atoms with Crippen molar-refractivity contribution in [3.05, 3.63) is 51.3 Å². The van der Waals surface area contributed by atoms with E-state index in [1.54, 1.807) is 43.7 Å². The van der Waals surface area contributed by atoms with Crippen LogP contribution >= 0.6 is 0 Å². The van der Waals surface area contributed by atoms with Gasteiger partial charge in [0.05, 0.1) is 17.2 Å².